The lowest BCUT2D eigenvalue weighted by Crippen LogP contribution is -2.01. The molecule has 0 radical (unpaired) electrons. The van der Waals surface area contributed by atoms with E-state index in [0.29, 0.717) is 6.61 Å². The number of aromatic amines is 1. The minimum atomic E-state index is 0.673. The Balaban J connectivity index is 1.79. The van der Waals surface area contributed by atoms with Crippen LogP contribution in [0.4, 0.5) is 0 Å². The van der Waals surface area contributed by atoms with Crippen molar-refractivity contribution in [2.45, 2.75) is 6.42 Å². The first-order chi connectivity index (χ1) is 6.95. The fourth-order valence-corrected chi connectivity index (χ4v) is 1.22. The normalized spacial score (nSPS) is 10.0. The first-order valence-corrected chi connectivity index (χ1v) is 4.60. The molecule has 1 aromatic carbocycles. The lowest BCUT2D eigenvalue weighted by Gasteiger charge is -2.03. The van der Waals surface area contributed by atoms with Crippen molar-refractivity contribution in [3.05, 3.63) is 48.5 Å². The molecular formula is C11H12N2O. The molecule has 3 heteroatoms. The van der Waals surface area contributed by atoms with Gasteiger partial charge in [-0.3, -0.25) is 0 Å². The summed E-state index contributed by atoms with van der Waals surface area (Å²) in [6, 6.07) is 9.80. The summed E-state index contributed by atoms with van der Waals surface area (Å²) >= 11 is 0. The van der Waals surface area contributed by atoms with Gasteiger partial charge in [-0.1, -0.05) is 18.2 Å². The number of hydrogen-bond acceptors (Lipinski definition) is 2. The van der Waals surface area contributed by atoms with E-state index < -0.39 is 0 Å². The van der Waals surface area contributed by atoms with E-state index in [4.69, 9.17) is 4.74 Å². The molecule has 0 bridgehead atoms. The molecule has 0 saturated carbocycles. The van der Waals surface area contributed by atoms with Crippen molar-refractivity contribution in [1.29, 1.82) is 0 Å². The lowest BCUT2D eigenvalue weighted by molar-refractivity contribution is 0.320. The Hall–Kier alpha value is -1.77. The van der Waals surface area contributed by atoms with Gasteiger partial charge in [-0.25, -0.2) is 4.98 Å². The second-order valence-electron chi connectivity index (χ2n) is 2.99. The maximum absolute atomic E-state index is 5.53. The fraction of sp³-hybridized carbons (Fsp3) is 0.182. The van der Waals surface area contributed by atoms with Crippen molar-refractivity contribution < 1.29 is 4.74 Å². The number of hydrogen-bond donors (Lipinski definition) is 1. The molecule has 0 aliphatic rings. The second-order valence-corrected chi connectivity index (χ2v) is 2.99. The predicted molar refractivity (Wildman–Crippen MR) is 54.2 cm³/mol. The first-order valence-electron chi connectivity index (χ1n) is 4.60. The van der Waals surface area contributed by atoms with Crippen molar-refractivity contribution in [2.75, 3.05) is 6.61 Å². The maximum Gasteiger partial charge on any atom is 0.119 e. The summed E-state index contributed by atoms with van der Waals surface area (Å²) in [5.41, 5.74) is 1.10. The Kier molecular flexibility index (Phi) is 2.81. The molecule has 2 aromatic rings. The van der Waals surface area contributed by atoms with Gasteiger partial charge >= 0.3 is 0 Å². The number of nitrogens with one attached hydrogen (secondary N) is 1. The molecule has 2 rings (SSSR count). The van der Waals surface area contributed by atoms with Crippen molar-refractivity contribution >= 4 is 0 Å². The monoisotopic (exact) mass is 188 g/mol. The minimum Gasteiger partial charge on any atom is -0.493 e. The van der Waals surface area contributed by atoms with E-state index in [-0.39, 0.29) is 0 Å². The van der Waals surface area contributed by atoms with E-state index in [2.05, 4.69) is 9.97 Å². The van der Waals surface area contributed by atoms with E-state index in [1.807, 2.05) is 36.5 Å². The topological polar surface area (TPSA) is 37.9 Å². The summed E-state index contributed by atoms with van der Waals surface area (Å²) < 4.78 is 5.53. The van der Waals surface area contributed by atoms with Gasteiger partial charge in [0.05, 0.1) is 12.9 Å². The molecule has 0 amide bonds. The average molecular weight is 188 g/mol. The zero-order valence-electron chi connectivity index (χ0n) is 7.81. The molecule has 0 unspecified atom stereocenters. The molecule has 0 saturated heterocycles. The van der Waals surface area contributed by atoms with Crippen LogP contribution in [0, 0.1) is 0 Å². The van der Waals surface area contributed by atoms with Gasteiger partial charge in [0.1, 0.15) is 5.75 Å². The molecule has 1 heterocycles. The largest absolute Gasteiger partial charge is 0.493 e. The number of rotatable bonds is 4. The molecule has 3 nitrogen and oxygen atoms in total. The van der Waals surface area contributed by atoms with E-state index >= 15 is 0 Å². The third-order valence-electron chi connectivity index (χ3n) is 1.94. The summed E-state index contributed by atoms with van der Waals surface area (Å²) in [5, 5.41) is 0. The standard InChI is InChI=1S/C11H12N2O/c1-2-4-11(5-3-1)14-7-6-10-8-12-9-13-10/h1-5,8-9H,6-7H2,(H,12,13). The smallest absolute Gasteiger partial charge is 0.119 e. The molecule has 0 fully saturated rings. The van der Waals surface area contributed by atoms with E-state index in [9.17, 15) is 0 Å². The van der Waals surface area contributed by atoms with E-state index in [1.165, 1.54) is 0 Å². The number of nitrogens with zero attached hydrogens (tertiary/aromatic N) is 1. The number of aromatic nitrogens is 2. The Morgan fingerprint density at radius 3 is 2.79 bits per heavy atom. The Morgan fingerprint density at radius 1 is 1.21 bits per heavy atom. The van der Waals surface area contributed by atoms with Crippen molar-refractivity contribution in [1.82, 2.24) is 9.97 Å². The van der Waals surface area contributed by atoms with Gasteiger partial charge in [-0.2, -0.15) is 0 Å². The van der Waals surface area contributed by atoms with Crippen molar-refractivity contribution in [3.8, 4) is 5.75 Å². The van der Waals surface area contributed by atoms with Crippen LogP contribution in [0.2, 0.25) is 0 Å². The van der Waals surface area contributed by atoms with E-state index in [0.717, 1.165) is 17.9 Å². The maximum atomic E-state index is 5.53. The van der Waals surface area contributed by atoms with Gasteiger partial charge < -0.3 is 9.72 Å². The van der Waals surface area contributed by atoms with Gasteiger partial charge in [0.2, 0.25) is 0 Å². The Labute approximate surface area is 82.8 Å². The third kappa shape index (κ3) is 2.36. The van der Waals surface area contributed by atoms with Crippen LogP contribution in [0.5, 0.6) is 5.75 Å². The summed E-state index contributed by atoms with van der Waals surface area (Å²) in [4.78, 5) is 6.97. The third-order valence-corrected chi connectivity index (χ3v) is 1.94. The van der Waals surface area contributed by atoms with Crippen LogP contribution in [0.25, 0.3) is 0 Å². The number of benzene rings is 1. The minimum absolute atomic E-state index is 0.673. The van der Waals surface area contributed by atoms with Crippen LogP contribution in [-0.2, 0) is 6.42 Å². The van der Waals surface area contributed by atoms with Gasteiger partial charge in [-0.15, -0.1) is 0 Å². The summed E-state index contributed by atoms with van der Waals surface area (Å²) in [6.07, 6.45) is 4.35. The highest BCUT2D eigenvalue weighted by molar-refractivity contribution is 5.20. The van der Waals surface area contributed by atoms with Crippen molar-refractivity contribution in [3.63, 3.8) is 0 Å². The fourth-order valence-electron chi connectivity index (χ4n) is 1.22. The quantitative estimate of drug-likeness (QED) is 0.797. The molecule has 0 aliphatic heterocycles. The van der Waals surface area contributed by atoms with Gasteiger partial charge in [0.25, 0.3) is 0 Å². The molecule has 0 atom stereocenters. The Morgan fingerprint density at radius 2 is 2.07 bits per heavy atom. The number of imidazole rings is 1. The number of ether oxygens (including phenoxy) is 1. The van der Waals surface area contributed by atoms with Crippen LogP contribution >= 0.6 is 0 Å². The number of H-pyrrole nitrogens is 1. The molecule has 72 valence electrons. The highest BCUT2D eigenvalue weighted by atomic mass is 16.5. The van der Waals surface area contributed by atoms with E-state index in [1.54, 1.807) is 6.33 Å². The summed E-state index contributed by atoms with van der Waals surface area (Å²) in [5.74, 6) is 0.909. The number of para-hydroxylation sites is 1. The molecule has 14 heavy (non-hydrogen) atoms. The van der Waals surface area contributed by atoms with Gasteiger partial charge in [0.15, 0.2) is 0 Å². The molecule has 1 N–H and O–H groups in total. The zero-order chi connectivity index (χ0) is 9.64. The highest BCUT2D eigenvalue weighted by Gasteiger charge is 1.94. The zero-order valence-corrected chi connectivity index (χ0v) is 7.81. The predicted octanol–water partition coefficient (Wildman–Crippen LogP) is 2.03. The molecule has 1 aromatic heterocycles. The first kappa shape index (κ1) is 8.81. The van der Waals surface area contributed by atoms with Crippen molar-refractivity contribution in [2.24, 2.45) is 0 Å². The molecule has 0 aliphatic carbocycles. The van der Waals surface area contributed by atoms with Gasteiger partial charge in [0, 0.05) is 18.3 Å². The van der Waals surface area contributed by atoms with Crippen LogP contribution in [0.1, 0.15) is 5.69 Å². The van der Waals surface area contributed by atoms with Crippen LogP contribution < -0.4 is 4.74 Å². The van der Waals surface area contributed by atoms with Crippen LogP contribution in [0.15, 0.2) is 42.9 Å². The molecular weight excluding hydrogens is 176 g/mol. The summed E-state index contributed by atoms with van der Waals surface area (Å²) in [7, 11) is 0. The lowest BCUT2D eigenvalue weighted by atomic mass is 10.3. The average Bonchev–Trinajstić information content (AvgIpc) is 2.72. The summed E-state index contributed by atoms with van der Waals surface area (Å²) in [6.45, 7) is 0.673. The Bertz CT molecular complexity index is 356. The van der Waals surface area contributed by atoms with Crippen LogP contribution in [-0.4, -0.2) is 16.6 Å². The SMILES string of the molecule is c1ccc(OCCc2cnc[nH]2)cc1. The highest BCUT2D eigenvalue weighted by Crippen LogP contribution is 2.08. The second kappa shape index (κ2) is 4.46. The van der Waals surface area contributed by atoms with Gasteiger partial charge in [-0.05, 0) is 12.1 Å². The molecule has 0 spiro atoms. The van der Waals surface area contributed by atoms with Crippen LogP contribution in [0.3, 0.4) is 0 Å².